The third-order valence-electron chi connectivity index (χ3n) is 3.43. The minimum absolute atomic E-state index is 0.310. The highest BCUT2D eigenvalue weighted by atomic mass is 35.5. The molecule has 0 unspecified atom stereocenters. The van der Waals surface area contributed by atoms with Crippen molar-refractivity contribution >= 4 is 38.9 Å². The number of benzene rings is 2. The van der Waals surface area contributed by atoms with Crippen molar-refractivity contribution < 1.29 is 13.2 Å². The summed E-state index contributed by atoms with van der Waals surface area (Å²) in [4.78, 5) is 12.3. The third kappa shape index (κ3) is 4.72. The van der Waals surface area contributed by atoms with Crippen LogP contribution in [0.25, 0.3) is 0 Å². The number of amides is 1. The average molecular weight is 367 g/mol. The standard InChI is InChI=1S/C17H19ClN2O3S/c1-12-7-8-13(2)16(9-12)20(24(3,22)23)11-17(21)19-15-6-4-5-14(18)10-15/h4-10H,11H2,1-3H3,(H,19,21). The Morgan fingerprint density at radius 2 is 1.88 bits per heavy atom. The van der Waals surface area contributed by atoms with Crippen LogP contribution in [-0.4, -0.2) is 27.1 Å². The fourth-order valence-electron chi connectivity index (χ4n) is 2.27. The number of hydrogen-bond donors (Lipinski definition) is 1. The molecule has 7 heteroatoms. The highest BCUT2D eigenvalue weighted by Gasteiger charge is 2.22. The van der Waals surface area contributed by atoms with Crippen molar-refractivity contribution in [2.75, 3.05) is 22.4 Å². The Hall–Kier alpha value is -2.05. The molecule has 128 valence electrons. The fraction of sp³-hybridized carbons (Fsp3) is 0.235. The average Bonchev–Trinajstić information content (AvgIpc) is 2.46. The lowest BCUT2D eigenvalue weighted by atomic mass is 10.1. The van der Waals surface area contributed by atoms with Crippen LogP contribution in [0.1, 0.15) is 11.1 Å². The minimum Gasteiger partial charge on any atom is -0.324 e. The quantitative estimate of drug-likeness (QED) is 0.882. The van der Waals surface area contributed by atoms with Crippen LogP contribution >= 0.6 is 11.6 Å². The van der Waals surface area contributed by atoms with Crippen LogP contribution in [0.3, 0.4) is 0 Å². The summed E-state index contributed by atoms with van der Waals surface area (Å²) in [6, 6.07) is 12.2. The molecular weight excluding hydrogens is 348 g/mol. The van der Waals surface area contributed by atoms with Gasteiger partial charge >= 0.3 is 0 Å². The van der Waals surface area contributed by atoms with Crippen LogP contribution in [0.5, 0.6) is 0 Å². The van der Waals surface area contributed by atoms with E-state index in [4.69, 9.17) is 11.6 Å². The van der Waals surface area contributed by atoms with E-state index in [1.54, 1.807) is 30.3 Å². The lowest BCUT2D eigenvalue weighted by Crippen LogP contribution is -2.37. The summed E-state index contributed by atoms with van der Waals surface area (Å²) >= 11 is 5.88. The second kappa shape index (κ2) is 7.23. The maximum absolute atomic E-state index is 12.3. The van der Waals surface area contributed by atoms with E-state index >= 15 is 0 Å². The number of nitrogens with one attached hydrogen (secondary N) is 1. The Labute approximate surface area is 147 Å². The molecular formula is C17H19ClN2O3S. The van der Waals surface area contributed by atoms with Crippen LogP contribution in [0.4, 0.5) is 11.4 Å². The number of sulfonamides is 1. The van der Waals surface area contributed by atoms with E-state index in [9.17, 15) is 13.2 Å². The number of aryl methyl sites for hydroxylation is 2. The first-order valence-corrected chi connectivity index (χ1v) is 9.50. The second-order valence-corrected chi connectivity index (χ2v) is 7.96. The van der Waals surface area contributed by atoms with Crippen molar-refractivity contribution in [2.24, 2.45) is 0 Å². The van der Waals surface area contributed by atoms with Gasteiger partial charge in [0, 0.05) is 10.7 Å². The molecule has 2 aromatic carbocycles. The summed E-state index contributed by atoms with van der Waals surface area (Å²) in [5.74, 6) is -0.441. The van der Waals surface area contributed by atoms with E-state index in [1.807, 2.05) is 26.0 Å². The zero-order valence-corrected chi connectivity index (χ0v) is 15.3. The lowest BCUT2D eigenvalue weighted by molar-refractivity contribution is -0.114. The molecule has 1 N–H and O–H groups in total. The zero-order valence-electron chi connectivity index (χ0n) is 13.7. The van der Waals surface area contributed by atoms with Gasteiger partial charge in [0.05, 0.1) is 11.9 Å². The van der Waals surface area contributed by atoms with Gasteiger partial charge in [0.1, 0.15) is 6.54 Å². The zero-order chi connectivity index (χ0) is 17.9. The Balaban J connectivity index is 2.27. The Morgan fingerprint density at radius 1 is 1.17 bits per heavy atom. The van der Waals surface area contributed by atoms with Gasteiger partial charge in [-0.15, -0.1) is 0 Å². The molecule has 0 saturated carbocycles. The molecule has 0 bridgehead atoms. The molecule has 0 heterocycles. The van der Waals surface area contributed by atoms with Crippen molar-refractivity contribution in [3.63, 3.8) is 0 Å². The summed E-state index contributed by atoms with van der Waals surface area (Å²) in [5.41, 5.74) is 2.71. The largest absolute Gasteiger partial charge is 0.324 e. The monoisotopic (exact) mass is 366 g/mol. The number of nitrogens with zero attached hydrogens (tertiary/aromatic N) is 1. The summed E-state index contributed by atoms with van der Waals surface area (Å²) in [6.07, 6.45) is 1.08. The van der Waals surface area contributed by atoms with Gasteiger partial charge in [0.15, 0.2) is 0 Å². The van der Waals surface area contributed by atoms with Gasteiger partial charge in [0.25, 0.3) is 0 Å². The maximum atomic E-state index is 12.3. The van der Waals surface area contributed by atoms with Gasteiger partial charge < -0.3 is 5.32 Å². The van der Waals surface area contributed by atoms with Crippen LogP contribution in [0.15, 0.2) is 42.5 Å². The van der Waals surface area contributed by atoms with Gasteiger partial charge in [-0.1, -0.05) is 29.8 Å². The molecule has 0 aliphatic heterocycles. The molecule has 1 amide bonds. The molecule has 2 rings (SSSR count). The van der Waals surface area contributed by atoms with E-state index in [-0.39, 0.29) is 6.54 Å². The van der Waals surface area contributed by atoms with Crippen molar-refractivity contribution in [3.05, 3.63) is 58.6 Å². The molecule has 5 nitrogen and oxygen atoms in total. The van der Waals surface area contributed by atoms with E-state index in [0.717, 1.165) is 21.7 Å². The number of rotatable bonds is 5. The van der Waals surface area contributed by atoms with Crippen LogP contribution < -0.4 is 9.62 Å². The summed E-state index contributed by atoms with van der Waals surface area (Å²) in [7, 11) is -3.61. The van der Waals surface area contributed by atoms with E-state index in [1.165, 1.54) is 0 Å². The Bertz CT molecular complexity index is 866. The normalized spacial score (nSPS) is 11.2. The Kier molecular flexibility index (Phi) is 5.51. The Morgan fingerprint density at radius 3 is 2.50 bits per heavy atom. The molecule has 24 heavy (non-hydrogen) atoms. The molecule has 0 aliphatic rings. The second-order valence-electron chi connectivity index (χ2n) is 5.62. The first-order valence-electron chi connectivity index (χ1n) is 7.27. The van der Waals surface area contributed by atoms with Crippen LogP contribution in [0, 0.1) is 13.8 Å². The molecule has 0 fully saturated rings. The number of halogens is 1. The number of anilines is 2. The third-order valence-corrected chi connectivity index (χ3v) is 4.79. The maximum Gasteiger partial charge on any atom is 0.245 e. The number of carbonyl (C=O) groups is 1. The van der Waals surface area contributed by atoms with Crippen LogP contribution in [0.2, 0.25) is 5.02 Å². The van der Waals surface area contributed by atoms with Crippen LogP contribution in [-0.2, 0) is 14.8 Å². The van der Waals surface area contributed by atoms with E-state index in [2.05, 4.69) is 5.32 Å². The summed E-state index contributed by atoms with van der Waals surface area (Å²) in [5, 5.41) is 3.15. The van der Waals surface area contributed by atoms with Gasteiger partial charge in [0.2, 0.25) is 15.9 Å². The van der Waals surface area contributed by atoms with Gasteiger partial charge in [-0.3, -0.25) is 9.10 Å². The molecule has 0 radical (unpaired) electrons. The molecule has 0 atom stereocenters. The highest BCUT2D eigenvalue weighted by Crippen LogP contribution is 2.24. The lowest BCUT2D eigenvalue weighted by Gasteiger charge is -2.24. The minimum atomic E-state index is -3.61. The summed E-state index contributed by atoms with van der Waals surface area (Å²) in [6.45, 7) is 3.37. The predicted octanol–water partition coefficient (Wildman–Crippen LogP) is 3.36. The first kappa shape index (κ1) is 18.3. The molecule has 0 saturated heterocycles. The topological polar surface area (TPSA) is 66.5 Å². The van der Waals surface area contributed by atoms with Crippen molar-refractivity contribution in [1.29, 1.82) is 0 Å². The van der Waals surface area contributed by atoms with Gasteiger partial charge in [-0.2, -0.15) is 0 Å². The number of hydrogen-bond acceptors (Lipinski definition) is 3. The van der Waals surface area contributed by atoms with Crippen molar-refractivity contribution in [2.45, 2.75) is 13.8 Å². The van der Waals surface area contributed by atoms with Crippen molar-refractivity contribution in [1.82, 2.24) is 0 Å². The van der Waals surface area contributed by atoms with E-state index in [0.29, 0.717) is 16.4 Å². The molecule has 2 aromatic rings. The fourth-order valence-corrected chi connectivity index (χ4v) is 3.36. The predicted molar refractivity (Wildman–Crippen MR) is 98.2 cm³/mol. The molecule has 0 aliphatic carbocycles. The SMILES string of the molecule is Cc1ccc(C)c(N(CC(=O)Nc2cccc(Cl)c2)S(C)(=O)=O)c1. The van der Waals surface area contributed by atoms with Crippen molar-refractivity contribution in [3.8, 4) is 0 Å². The van der Waals surface area contributed by atoms with Gasteiger partial charge in [-0.25, -0.2) is 8.42 Å². The molecule has 0 aromatic heterocycles. The summed E-state index contributed by atoms with van der Waals surface area (Å²) < 4.78 is 25.4. The highest BCUT2D eigenvalue weighted by molar-refractivity contribution is 7.92. The van der Waals surface area contributed by atoms with E-state index < -0.39 is 15.9 Å². The molecule has 0 spiro atoms. The van der Waals surface area contributed by atoms with Gasteiger partial charge in [-0.05, 0) is 49.2 Å². The number of carbonyl (C=O) groups excluding carboxylic acids is 1. The first-order chi connectivity index (χ1) is 11.2. The smallest absolute Gasteiger partial charge is 0.245 e.